The maximum Gasteiger partial charge on any atom is 0.152 e. The van der Waals surface area contributed by atoms with E-state index in [9.17, 15) is 8.42 Å². The lowest BCUT2D eigenvalue weighted by Gasteiger charge is -2.13. The third kappa shape index (κ3) is 2.31. The number of rotatable bonds is 3. The van der Waals surface area contributed by atoms with Crippen molar-refractivity contribution in [1.82, 2.24) is 9.78 Å². The van der Waals surface area contributed by atoms with E-state index in [2.05, 4.69) is 5.10 Å². The summed E-state index contributed by atoms with van der Waals surface area (Å²) < 4.78 is 24.9. The van der Waals surface area contributed by atoms with E-state index in [1.54, 1.807) is 0 Å². The predicted molar refractivity (Wildman–Crippen MR) is 71.2 cm³/mol. The van der Waals surface area contributed by atoms with Crippen LogP contribution in [0.25, 0.3) is 0 Å². The SMILES string of the molecule is CCC(N)c1c(C)nn(C2CCS(=O)(=O)C2)c1C. The molecule has 1 aliphatic rings. The van der Waals surface area contributed by atoms with E-state index in [4.69, 9.17) is 5.73 Å². The van der Waals surface area contributed by atoms with Gasteiger partial charge < -0.3 is 5.73 Å². The molecule has 0 amide bonds. The minimum absolute atomic E-state index is 0.0169. The van der Waals surface area contributed by atoms with Crippen molar-refractivity contribution in [3.05, 3.63) is 17.0 Å². The van der Waals surface area contributed by atoms with Crippen LogP contribution in [-0.4, -0.2) is 29.7 Å². The van der Waals surface area contributed by atoms with E-state index in [0.29, 0.717) is 6.42 Å². The van der Waals surface area contributed by atoms with Crippen LogP contribution in [0.15, 0.2) is 0 Å². The van der Waals surface area contributed by atoms with Crippen molar-refractivity contribution < 1.29 is 8.42 Å². The van der Waals surface area contributed by atoms with Crippen LogP contribution >= 0.6 is 0 Å². The van der Waals surface area contributed by atoms with E-state index in [1.165, 1.54) is 0 Å². The fourth-order valence-corrected chi connectivity index (χ4v) is 4.43. The maximum absolute atomic E-state index is 11.5. The molecule has 1 saturated heterocycles. The molecule has 18 heavy (non-hydrogen) atoms. The first-order valence-electron chi connectivity index (χ1n) is 6.37. The van der Waals surface area contributed by atoms with Crippen LogP contribution in [0.3, 0.4) is 0 Å². The Kier molecular flexibility index (Phi) is 3.51. The molecule has 1 aliphatic heterocycles. The summed E-state index contributed by atoms with van der Waals surface area (Å²) >= 11 is 0. The van der Waals surface area contributed by atoms with Crippen LogP contribution in [0.5, 0.6) is 0 Å². The molecular formula is C12H21N3O2S. The minimum Gasteiger partial charge on any atom is -0.324 e. The fraction of sp³-hybridized carbons (Fsp3) is 0.750. The van der Waals surface area contributed by atoms with Gasteiger partial charge in [-0.2, -0.15) is 5.10 Å². The number of hydrogen-bond acceptors (Lipinski definition) is 4. The molecule has 0 aromatic carbocycles. The molecule has 2 unspecified atom stereocenters. The van der Waals surface area contributed by atoms with Gasteiger partial charge in [0.05, 0.1) is 23.2 Å². The summed E-state index contributed by atoms with van der Waals surface area (Å²) in [6, 6.07) is -0.0386. The number of aromatic nitrogens is 2. The first-order valence-corrected chi connectivity index (χ1v) is 8.19. The Morgan fingerprint density at radius 3 is 2.67 bits per heavy atom. The molecule has 1 aromatic rings. The number of hydrogen-bond donors (Lipinski definition) is 1. The average molecular weight is 271 g/mol. The summed E-state index contributed by atoms with van der Waals surface area (Å²) in [4.78, 5) is 0. The van der Waals surface area contributed by atoms with E-state index >= 15 is 0 Å². The van der Waals surface area contributed by atoms with Crippen molar-refractivity contribution >= 4 is 9.84 Å². The van der Waals surface area contributed by atoms with Gasteiger partial charge in [0, 0.05) is 17.3 Å². The molecule has 0 radical (unpaired) electrons. The zero-order chi connectivity index (χ0) is 13.5. The molecule has 2 heterocycles. The Morgan fingerprint density at radius 1 is 1.50 bits per heavy atom. The van der Waals surface area contributed by atoms with Crippen LogP contribution in [0, 0.1) is 13.8 Å². The number of nitrogens with two attached hydrogens (primary N) is 1. The van der Waals surface area contributed by atoms with Crippen LogP contribution in [0.2, 0.25) is 0 Å². The lowest BCUT2D eigenvalue weighted by molar-refractivity contribution is 0.484. The molecule has 0 saturated carbocycles. The predicted octanol–water partition coefficient (Wildman–Crippen LogP) is 1.27. The second-order valence-corrected chi connectivity index (χ2v) is 7.33. The van der Waals surface area contributed by atoms with Gasteiger partial charge in [0.25, 0.3) is 0 Å². The molecule has 0 bridgehead atoms. The van der Waals surface area contributed by atoms with Gasteiger partial charge in [0.1, 0.15) is 0 Å². The lowest BCUT2D eigenvalue weighted by atomic mass is 10.0. The summed E-state index contributed by atoms with van der Waals surface area (Å²) in [6.45, 7) is 5.97. The summed E-state index contributed by atoms with van der Waals surface area (Å²) in [5.41, 5.74) is 9.10. The van der Waals surface area contributed by atoms with Crippen LogP contribution in [0.1, 0.15) is 48.8 Å². The molecule has 2 rings (SSSR count). The summed E-state index contributed by atoms with van der Waals surface area (Å²) in [6.07, 6.45) is 1.52. The van der Waals surface area contributed by atoms with Crippen molar-refractivity contribution in [3.63, 3.8) is 0 Å². The second-order valence-electron chi connectivity index (χ2n) is 5.10. The first-order chi connectivity index (χ1) is 8.35. The topological polar surface area (TPSA) is 78.0 Å². The molecule has 0 spiro atoms. The molecule has 2 atom stereocenters. The number of aryl methyl sites for hydroxylation is 1. The van der Waals surface area contributed by atoms with Crippen LogP contribution in [-0.2, 0) is 9.84 Å². The van der Waals surface area contributed by atoms with E-state index in [-0.39, 0.29) is 23.6 Å². The van der Waals surface area contributed by atoms with Gasteiger partial charge in [0.15, 0.2) is 9.84 Å². The molecule has 6 heteroatoms. The second kappa shape index (κ2) is 4.66. The zero-order valence-electron chi connectivity index (χ0n) is 11.2. The Morgan fingerprint density at radius 2 is 2.17 bits per heavy atom. The number of sulfone groups is 1. The standard InChI is InChI=1S/C12H21N3O2S/c1-4-11(13)12-8(2)14-15(9(12)3)10-5-6-18(16,17)7-10/h10-11H,4-7,13H2,1-3H3. The van der Waals surface area contributed by atoms with E-state index < -0.39 is 9.84 Å². The highest BCUT2D eigenvalue weighted by molar-refractivity contribution is 7.91. The first kappa shape index (κ1) is 13.5. The molecule has 1 fully saturated rings. The quantitative estimate of drug-likeness (QED) is 0.898. The van der Waals surface area contributed by atoms with Gasteiger partial charge in [-0.05, 0) is 26.7 Å². The van der Waals surface area contributed by atoms with Crippen molar-refractivity contribution in [3.8, 4) is 0 Å². The molecule has 0 aliphatic carbocycles. The van der Waals surface area contributed by atoms with Gasteiger partial charge in [-0.1, -0.05) is 6.92 Å². The average Bonchev–Trinajstić information content (AvgIpc) is 2.78. The van der Waals surface area contributed by atoms with Crippen LogP contribution < -0.4 is 5.73 Å². The Balaban J connectivity index is 2.36. The fourth-order valence-electron chi connectivity index (χ4n) is 2.74. The third-order valence-electron chi connectivity index (χ3n) is 3.75. The van der Waals surface area contributed by atoms with Crippen molar-refractivity contribution in [2.24, 2.45) is 5.73 Å². The van der Waals surface area contributed by atoms with Gasteiger partial charge >= 0.3 is 0 Å². The van der Waals surface area contributed by atoms with Gasteiger partial charge in [-0.15, -0.1) is 0 Å². The van der Waals surface area contributed by atoms with Crippen molar-refractivity contribution in [1.29, 1.82) is 0 Å². The molecule has 1 aromatic heterocycles. The van der Waals surface area contributed by atoms with E-state index in [0.717, 1.165) is 23.4 Å². The molecule has 2 N–H and O–H groups in total. The maximum atomic E-state index is 11.5. The highest BCUT2D eigenvalue weighted by atomic mass is 32.2. The summed E-state index contributed by atoms with van der Waals surface area (Å²) in [7, 11) is -2.88. The zero-order valence-corrected chi connectivity index (χ0v) is 12.0. The minimum atomic E-state index is -2.88. The largest absolute Gasteiger partial charge is 0.324 e. The van der Waals surface area contributed by atoms with Crippen LogP contribution in [0.4, 0.5) is 0 Å². The third-order valence-corrected chi connectivity index (χ3v) is 5.50. The molecule has 102 valence electrons. The monoisotopic (exact) mass is 271 g/mol. The lowest BCUT2D eigenvalue weighted by Crippen LogP contribution is -2.15. The van der Waals surface area contributed by atoms with Crippen molar-refractivity contribution in [2.45, 2.75) is 45.7 Å². The van der Waals surface area contributed by atoms with Gasteiger partial charge in [0.2, 0.25) is 0 Å². The Labute approximate surface area is 108 Å². The highest BCUT2D eigenvalue weighted by Crippen LogP contribution is 2.29. The summed E-state index contributed by atoms with van der Waals surface area (Å²) in [5, 5.41) is 4.50. The van der Waals surface area contributed by atoms with Gasteiger partial charge in [-0.25, -0.2) is 8.42 Å². The highest BCUT2D eigenvalue weighted by Gasteiger charge is 2.31. The smallest absolute Gasteiger partial charge is 0.152 e. The van der Waals surface area contributed by atoms with Crippen molar-refractivity contribution in [2.75, 3.05) is 11.5 Å². The Bertz CT molecular complexity index is 548. The molecular weight excluding hydrogens is 250 g/mol. The summed E-state index contributed by atoms with van der Waals surface area (Å²) in [5.74, 6) is 0.473. The number of nitrogens with zero attached hydrogens (tertiary/aromatic N) is 2. The normalized spacial score (nSPS) is 24.3. The van der Waals surface area contributed by atoms with Gasteiger partial charge in [-0.3, -0.25) is 4.68 Å². The Hall–Kier alpha value is -0.880. The molecule has 5 nitrogen and oxygen atoms in total. The van der Waals surface area contributed by atoms with E-state index in [1.807, 2.05) is 25.5 Å².